The third-order valence-electron chi connectivity index (χ3n) is 1.54. The molecule has 3 nitrogen and oxygen atoms in total. The Bertz CT molecular complexity index is 306. The molecule has 14 heavy (non-hydrogen) atoms. The van der Waals surface area contributed by atoms with Crippen LogP contribution in [0.15, 0.2) is 22.7 Å². The van der Waals surface area contributed by atoms with Crippen molar-refractivity contribution in [2.75, 3.05) is 13.2 Å². The molecule has 78 valence electrons. The van der Waals surface area contributed by atoms with E-state index in [4.69, 9.17) is 14.9 Å². The Hall–Kier alpha value is -0.650. The molecule has 0 radical (unpaired) electrons. The monoisotopic (exact) mass is 264 g/mol. The first-order valence-electron chi connectivity index (χ1n) is 4.00. The molecule has 5 heteroatoms. The summed E-state index contributed by atoms with van der Waals surface area (Å²) < 4.78 is 18.7. The van der Waals surface area contributed by atoms with Crippen LogP contribution in [0.3, 0.4) is 0 Å². The van der Waals surface area contributed by atoms with Crippen LogP contribution in [-0.2, 0) is 0 Å². The molecule has 1 aromatic rings. The lowest BCUT2D eigenvalue weighted by Crippen LogP contribution is -2.21. The van der Waals surface area contributed by atoms with Gasteiger partial charge in [-0.1, -0.05) is 15.9 Å². The average molecular weight is 265 g/mol. The Morgan fingerprint density at radius 2 is 2.21 bits per heavy atom. The van der Waals surface area contributed by atoms with E-state index in [0.717, 1.165) is 0 Å². The predicted octanol–water partition coefficient (Wildman–Crippen LogP) is 1.32. The number of aliphatic hydroxyl groups excluding tert-OH is 2. The number of ether oxygens (including phenoxy) is 1. The summed E-state index contributed by atoms with van der Waals surface area (Å²) in [5.41, 5.74) is 0. The molecule has 0 bridgehead atoms. The van der Waals surface area contributed by atoms with E-state index in [1.807, 2.05) is 0 Å². The van der Waals surface area contributed by atoms with Crippen molar-refractivity contribution in [3.63, 3.8) is 0 Å². The number of hydrogen-bond acceptors (Lipinski definition) is 3. The zero-order valence-electron chi connectivity index (χ0n) is 7.28. The van der Waals surface area contributed by atoms with Gasteiger partial charge in [-0.3, -0.25) is 0 Å². The van der Waals surface area contributed by atoms with Gasteiger partial charge in [0.15, 0.2) is 11.6 Å². The maximum absolute atomic E-state index is 13.1. The Labute approximate surface area is 89.3 Å². The van der Waals surface area contributed by atoms with Gasteiger partial charge in [-0.25, -0.2) is 4.39 Å². The molecule has 0 spiro atoms. The molecule has 2 N–H and O–H groups in total. The molecule has 0 aliphatic rings. The van der Waals surface area contributed by atoms with Gasteiger partial charge < -0.3 is 14.9 Å². The quantitative estimate of drug-likeness (QED) is 0.863. The number of benzene rings is 1. The minimum absolute atomic E-state index is 0.0562. The molecular formula is C9H10BrFO3. The summed E-state index contributed by atoms with van der Waals surface area (Å²) in [7, 11) is 0. The molecule has 1 unspecified atom stereocenters. The van der Waals surface area contributed by atoms with Gasteiger partial charge in [-0.05, 0) is 18.2 Å². The molecule has 0 saturated carbocycles. The van der Waals surface area contributed by atoms with E-state index in [-0.39, 0.29) is 12.4 Å². The third-order valence-corrected chi connectivity index (χ3v) is 2.03. The molecule has 0 amide bonds. The number of aliphatic hydroxyl groups is 2. The van der Waals surface area contributed by atoms with Crippen molar-refractivity contribution < 1.29 is 19.3 Å². The van der Waals surface area contributed by atoms with Crippen LogP contribution in [-0.4, -0.2) is 29.5 Å². The van der Waals surface area contributed by atoms with E-state index in [1.54, 1.807) is 6.07 Å². The first-order valence-corrected chi connectivity index (χ1v) is 4.79. The first kappa shape index (κ1) is 11.4. The molecule has 0 aliphatic heterocycles. The fourth-order valence-electron chi connectivity index (χ4n) is 0.831. The summed E-state index contributed by atoms with van der Waals surface area (Å²) in [6, 6.07) is 4.34. The molecule has 0 fully saturated rings. The van der Waals surface area contributed by atoms with Crippen LogP contribution in [0, 0.1) is 5.82 Å². The van der Waals surface area contributed by atoms with Crippen molar-refractivity contribution in [2.45, 2.75) is 6.10 Å². The van der Waals surface area contributed by atoms with Gasteiger partial charge in [0, 0.05) is 4.47 Å². The topological polar surface area (TPSA) is 49.7 Å². The Balaban J connectivity index is 2.59. The van der Waals surface area contributed by atoms with E-state index in [2.05, 4.69) is 15.9 Å². The van der Waals surface area contributed by atoms with E-state index >= 15 is 0 Å². The third kappa shape index (κ3) is 3.25. The smallest absolute Gasteiger partial charge is 0.166 e. The van der Waals surface area contributed by atoms with Crippen LogP contribution in [0.4, 0.5) is 4.39 Å². The SMILES string of the molecule is OCC(O)COc1ccc(Br)cc1F. The largest absolute Gasteiger partial charge is 0.488 e. The van der Waals surface area contributed by atoms with Crippen LogP contribution in [0.1, 0.15) is 0 Å². The highest BCUT2D eigenvalue weighted by Gasteiger charge is 2.07. The molecule has 0 heterocycles. The molecular weight excluding hydrogens is 255 g/mol. The van der Waals surface area contributed by atoms with Gasteiger partial charge in [0.05, 0.1) is 6.61 Å². The number of rotatable bonds is 4. The first-order chi connectivity index (χ1) is 6.63. The fraction of sp³-hybridized carbons (Fsp3) is 0.333. The van der Waals surface area contributed by atoms with Crippen molar-refractivity contribution in [1.29, 1.82) is 0 Å². The summed E-state index contributed by atoms with van der Waals surface area (Å²) in [5.74, 6) is -0.454. The minimum atomic E-state index is -0.988. The van der Waals surface area contributed by atoms with Crippen LogP contribution in [0.2, 0.25) is 0 Å². The molecule has 1 aromatic carbocycles. The summed E-state index contributed by atoms with van der Waals surface area (Å²) in [6.45, 7) is -0.535. The lowest BCUT2D eigenvalue weighted by molar-refractivity contribution is 0.0523. The molecule has 0 aromatic heterocycles. The van der Waals surface area contributed by atoms with Gasteiger partial charge in [0.2, 0.25) is 0 Å². The maximum atomic E-state index is 13.1. The summed E-state index contributed by atoms with van der Waals surface area (Å²) in [4.78, 5) is 0. The lowest BCUT2D eigenvalue weighted by Gasteiger charge is -2.10. The van der Waals surface area contributed by atoms with Crippen molar-refractivity contribution in [1.82, 2.24) is 0 Å². The van der Waals surface area contributed by atoms with E-state index in [1.165, 1.54) is 12.1 Å². The zero-order valence-corrected chi connectivity index (χ0v) is 8.87. The van der Waals surface area contributed by atoms with E-state index in [9.17, 15) is 4.39 Å². The highest BCUT2D eigenvalue weighted by atomic mass is 79.9. The number of hydrogen-bond donors (Lipinski definition) is 2. The van der Waals surface area contributed by atoms with Crippen LogP contribution >= 0.6 is 15.9 Å². The summed E-state index contributed by atoms with van der Waals surface area (Å²) in [6.07, 6.45) is -0.988. The van der Waals surface area contributed by atoms with Gasteiger partial charge >= 0.3 is 0 Å². The van der Waals surface area contributed by atoms with Crippen LogP contribution in [0.5, 0.6) is 5.75 Å². The van der Waals surface area contributed by atoms with Gasteiger partial charge in [-0.2, -0.15) is 0 Å². The van der Waals surface area contributed by atoms with Gasteiger partial charge in [0.1, 0.15) is 12.7 Å². The molecule has 1 rings (SSSR count). The standard InChI is InChI=1S/C9H10BrFO3/c10-6-1-2-9(8(11)3-6)14-5-7(13)4-12/h1-3,7,12-13H,4-5H2. The maximum Gasteiger partial charge on any atom is 0.166 e. The normalized spacial score (nSPS) is 12.6. The zero-order chi connectivity index (χ0) is 10.6. The summed E-state index contributed by atoms with van der Waals surface area (Å²) >= 11 is 3.11. The minimum Gasteiger partial charge on any atom is -0.488 e. The van der Waals surface area contributed by atoms with Gasteiger partial charge in [0.25, 0.3) is 0 Å². The highest BCUT2D eigenvalue weighted by molar-refractivity contribution is 9.10. The Morgan fingerprint density at radius 1 is 1.50 bits per heavy atom. The second kappa shape index (κ2) is 5.29. The summed E-state index contributed by atoms with van der Waals surface area (Å²) in [5, 5.41) is 17.5. The highest BCUT2D eigenvalue weighted by Crippen LogP contribution is 2.21. The van der Waals surface area contributed by atoms with E-state index < -0.39 is 18.5 Å². The van der Waals surface area contributed by atoms with Crippen molar-refractivity contribution >= 4 is 15.9 Å². The second-order valence-electron chi connectivity index (χ2n) is 2.72. The van der Waals surface area contributed by atoms with Crippen molar-refractivity contribution in [3.05, 3.63) is 28.5 Å². The molecule has 0 saturated heterocycles. The lowest BCUT2D eigenvalue weighted by atomic mass is 10.3. The van der Waals surface area contributed by atoms with Crippen molar-refractivity contribution in [2.24, 2.45) is 0 Å². The van der Waals surface area contributed by atoms with Crippen LogP contribution < -0.4 is 4.74 Å². The van der Waals surface area contributed by atoms with Crippen molar-refractivity contribution in [3.8, 4) is 5.75 Å². The Morgan fingerprint density at radius 3 is 2.79 bits per heavy atom. The average Bonchev–Trinajstić information content (AvgIpc) is 2.16. The second-order valence-corrected chi connectivity index (χ2v) is 3.64. The predicted molar refractivity (Wildman–Crippen MR) is 52.7 cm³/mol. The molecule has 1 atom stereocenters. The molecule has 0 aliphatic carbocycles. The fourth-order valence-corrected chi connectivity index (χ4v) is 1.16. The Kier molecular flexibility index (Phi) is 4.31. The number of halogens is 2. The van der Waals surface area contributed by atoms with Crippen LogP contribution in [0.25, 0.3) is 0 Å². The van der Waals surface area contributed by atoms with E-state index in [0.29, 0.717) is 4.47 Å². The van der Waals surface area contributed by atoms with Gasteiger partial charge in [-0.15, -0.1) is 0 Å².